The Labute approximate surface area is 184 Å². The van der Waals surface area contributed by atoms with Crippen LogP contribution in [0.25, 0.3) is 5.57 Å². The van der Waals surface area contributed by atoms with Gasteiger partial charge in [-0.3, -0.25) is 9.59 Å². The van der Waals surface area contributed by atoms with Crippen molar-refractivity contribution in [2.45, 2.75) is 51.6 Å². The monoisotopic (exact) mass is 420 g/mol. The first-order chi connectivity index (χ1) is 15.0. The Morgan fingerprint density at radius 3 is 2.48 bits per heavy atom. The van der Waals surface area contributed by atoms with Gasteiger partial charge in [0.1, 0.15) is 5.78 Å². The molecule has 1 aliphatic rings. The van der Waals surface area contributed by atoms with Crippen molar-refractivity contribution in [2.75, 3.05) is 7.11 Å². The van der Waals surface area contributed by atoms with E-state index in [1.807, 2.05) is 42.5 Å². The van der Waals surface area contributed by atoms with Gasteiger partial charge in [0.2, 0.25) is 0 Å². The number of Topliss-reactive ketones (excluding diaryl/α,β-unsaturated/α-hetero) is 1. The van der Waals surface area contributed by atoms with Crippen molar-refractivity contribution in [3.05, 3.63) is 77.4 Å². The average Bonchev–Trinajstić information content (AvgIpc) is 3.12. The zero-order chi connectivity index (χ0) is 22.2. The van der Waals surface area contributed by atoms with E-state index in [9.17, 15) is 14.7 Å². The summed E-state index contributed by atoms with van der Waals surface area (Å²) in [5.74, 6) is 0.128. The third-order valence-corrected chi connectivity index (χ3v) is 6.22. The van der Waals surface area contributed by atoms with E-state index in [0.717, 1.165) is 30.4 Å². The van der Waals surface area contributed by atoms with Crippen LogP contribution in [0, 0.1) is 11.8 Å². The van der Waals surface area contributed by atoms with E-state index in [-0.39, 0.29) is 17.8 Å². The molecule has 3 rings (SSSR count). The lowest BCUT2D eigenvalue weighted by Gasteiger charge is -2.20. The van der Waals surface area contributed by atoms with Gasteiger partial charge in [-0.25, -0.2) is 0 Å². The molecule has 1 saturated carbocycles. The van der Waals surface area contributed by atoms with Gasteiger partial charge in [0.15, 0.2) is 0 Å². The summed E-state index contributed by atoms with van der Waals surface area (Å²) in [4.78, 5) is 24.2. The molecule has 0 aliphatic heterocycles. The Morgan fingerprint density at radius 1 is 1.13 bits per heavy atom. The average molecular weight is 421 g/mol. The molecule has 31 heavy (non-hydrogen) atoms. The largest absolute Gasteiger partial charge is 0.469 e. The van der Waals surface area contributed by atoms with E-state index in [0.29, 0.717) is 25.0 Å². The fraction of sp³-hybridized carbons (Fsp3) is 0.407. The number of esters is 1. The Bertz CT molecular complexity index is 914. The smallest absolute Gasteiger partial charge is 0.305 e. The van der Waals surface area contributed by atoms with Gasteiger partial charge in [0.05, 0.1) is 13.2 Å². The number of aryl methyl sites for hydroxylation is 1. The Hall–Kier alpha value is -2.72. The number of benzene rings is 2. The van der Waals surface area contributed by atoms with Crippen molar-refractivity contribution >= 4 is 17.3 Å². The summed E-state index contributed by atoms with van der Waals surface area (Å²) in [6, 6.07) is 18.1. The third-order valence-electron chi connectivity index (χ3n) is 6.22. The number of rotatable bonds is 9. The molecule has 164 valence electrons. The first-order valence-electron chi connectivity index (χ1n) is 11.1. The fourth-order valence-corrected chi connectivity index (χ4v) is 4.50. The molecule has 4 heteroatoms. The lowest BCUT2D eigenvalue weighted by molar-refractivity contribution is -0.140. The lowest BCUT2D eigenvalue weighted by atomic mass is 9.84. The second-order valence-corrected chi connectivity index (χ2v) is 8.34. The first-order valence-corrected chi connectivity index (χ1v) is 11.1. The summed E-state index contributed by atoms with van der Waals surface area (Å²) in [6.45, 7) is 1.78. The third kappa shape index (κ3) is 6.14. The van der Waals surface area contributed by atoms with Crippen molar-refractivity contribution in [1.29, 1.82) is 0 Å². The van der Waals surface area contributed by atoms with Crippen molar-refractivity contribution < 1.29 is 19.4 Å². The molecular formula is C27H32O4. The number of methoxy groups -OCH3 is 1. The van der Waals surface area contributed by atoms with Crippen LogP contribution < -0.4 is 0 Å². The molecule has 0 amide bonds. The zero-order valence-corrected chi connectivity index (χ0v) is 18.4. The number of hydrogen-bond acceptors (Lipinski definition) is 4. The quantitative estimate of drug-likeness (QED) is 0.593. The Morgan fingerprint density at radius 2 is 1.81 bits per heavy atom. The number of aliphatic hydroxyl groups excluding tert-OH is 1. The summed E-state index contributed by atoms with van der Waals surface area (Å²) in [6.07, 6.45) is 5.53. The van der Waals surface area contributed by atoms with Crippen LogP contribution >= 0.6 is 0 Å². The number of aliphatic hydroxyl groups is 1. The van der Waals surface area contributed by atoms with Gasteiger partial charge in [-0.2, -0.15) is 0 Å². The summed E-state index contributed by atoms with van der Waals surface area (Å²) in [5, 5.41) is 10.4. The van der Waals surface area contributed by atoms with Crippen LogP contribution in [-0.2, 0) is 27.2 Å². The maximum atomic E-state index is 12.8. The summed E-state index contributed by atoms with van der Waals surface area (Å²) >= 11 is 0. The highest BCUT2D eigenvalue weighted by Crippen LogP contribution is 2.36. The van der Waals surface area contributed by atoms with E-state index in [4.69, 9.17) is 4.74 Å². The van der Waals surface area contributed by atoms with Gasteiger partial charge in [-0.1, -0.05) is 60.7 Å². The van der Waals surface area contributed by atoms with Gasteiger partial charge in [0, 0.05) is 18.8 Å². The molecule has 1 N–H and O–H groups in total. The minimum absolute atomic E-state index is 0.0841. The van der Waals surface area contributed by atoms with Gasteiger partial charge in [-0.15, -0.1) is 0 Å². The highest BCUT2D eigenvalue weighted by atomic mass is 16.5. The number of allylic oxidation sites excluding steroid dienone is 1. The SMILES string of the molecule is COC(=O)CCCc1ccccc1CC1C(=O)CC[C@H]1C=C(c1ccccc1)[C@@H](C)O. The van der Waals surface area contributed by atoms with Crippen LogP contribution in [-0.4, -0.2) is 30.1 Å². The second-order valence-electron chi connectivity index (χ2n) is 8.34. The number of carbonyl (C=O) groups is 2. The Kier molecular flexibility index (Phi) is 8.19. The number of ketones is 1. The highest BCUT2D eigenvalue weighted by Gasteiger charge is 2.34. The summed E-state index contributed by atoms with van der Waals surface area (Å²) in [5.41, 5.74) is 4.24. The predicted octanol–water partition coefficient (Wildman–Crippen LogP) is 4.78. The van der Waals surface area contributed by atoms with Crippen LogP contribution in [0.15, 0.2) is 60.7 Å². The maximum Gasteiger partial charge on any atom is 0.305 e. The molecule has 0 spiro atoms. The maximum absolute atomic E-state index is 12.8. The molecule has 2 aromatic rings. The first kappa shape index (κ1) is 23.0. The molecule has 1 fully saturated rings. The zero-order valence-electron chi connectivity index (χ0n) is 18.4. The molecule has 3 atom stereocenters. The standard InChI is InChI=1S/C27H32O4/c1-19(28)24(21-10-4-3-5-11-21)18-23-15-16-26(29)25(23)17-22-12-7-6-9-20(22)13-8-14-27(30)31-2/h3-7,9-12,18-19,23,25,28H,8,13-17H2,1-2H3/t19-,23+,25?/m1/s1. The van der Waals surface area contributed by atoms with Crippen molar-refractivity contribution in [2.24, 2.45) is 11.8 Å². The molecule has 0 aromatic heterocycles. The second kappa shape index (κ2) is 11.1. The number of hydrogen-bond donors (Lipinski definition) is 1. The summed E-state index contributed by atoms with van der Waals surface area (Å²) < 4.78 is 4.74. The molecule has 0 radical (unpaired) electrons. The van der Waals surface area contributed by atoms with Crippen molar-refractivity contribution in [3.63, 3.8) is 0 Å². The van der Waals surface area contributed by atoms with E-state index in [1.54, 1.807) is 6.92 Å². The van der Waals surface area contributed by atoms with Crippen LogP contribution in [0.3, 0.4) is 0 Å². The molecule has 0 heterocycles. The van der Waals surface area contributed by atoms with E-state index < -0.39 is 6.10 Å². The predicted molar refractivity (Wildman–Crippen MR) is 122 cm³/mol. The normalized spacial score (nSPS) is 20.0. The van der Waals surface area contributed by atoms with E-state index >= 15 is 0 Å². The molecule has 0 saturated heterocycles. The molecule has 2 aromatic carbocycles. The van der Waals surface area contributed by atoms with Gasteiger partial charge in [-0.05, 0) is 60.8 Å². The van der Waals surface area contributed by atoms with Crippen LogP contribution in [0.4, 0.5) is 0 Å². The minimum atomic E-state index is -0.593. The topological polar surface area (TPSA) is 63.6 Å². The molecule has 1 aliphatic carbocycles. The van der Waals surface area contributed by atoms with Gasteiger partial charge >= 0.3 is 5.97 Å². The van der Waals surface area contributed by atoms with E-state index in [2.05, 4.69) is 18.2 Å². The van der Waals surface area contributed by atoms with Gasteiger partial charge in [0.25, 0.3) is 0 Å². The molecular weight excluding hydrogens is 388 g/mol. The number of carbonyl (C=O) groups excluding carboxylic acids is 2. The molecule has 4 nitrogen and oxygen atoms in total. The number of ether oxygens (including phenoxy) is 1. The Balaban J connectivity index is 1.79. The van der Waals surface area contributed by atoms with Gasteiger partial charge < -0.3 is 9.84 Å². The highest BCUT2D eigenvalue weighted by molar-refractivity contribution is 5.84. The van der Waals surface area contributed by atoms with Crippen molar-refractivity contribution in [3.8, 4) is 0 Å². The van der Waals surface area contributed by atoms with Crippen LogP contribution in [0.2, 0.25) is 0 Å². The van der Waals surface area contributed by atoms with Crippen LogP contribution in [0.5, 0.6) is 0 Å². The molecule has 0 bridgehead atoms. The van der Waals surface area contributed by atoms with Crippen molar-refractivity contribution in [1.82, 2.24) is 0 Å². The van der Waals surface area contributed by atoms with Crippen LogP contribution in [0.1, 0.15) is 49.3 Å². The lowest BCUT2D eigenvalue weighted by Crippen LogP contribution is -2.18. The molecule has 1 unspecified atom stereocenters. The fourth-order valence-electron chi connectivity index (χ4n) is 4.50. The van der Waals surface area contributed by atoms with E-state index in [1.165, 1.54) is 18.2 Å². The summed E-state index contributed by atoms with van der Waals surface area (Å²) in [7, 11) is 1.41. The minimum Gasteiger partial charge on any atom is -0.469 e.